The molecule has 4 heteroatoms. The minimum Gasteiger partial charge on any atom is -0.504 e. The molecule has 0 aliphatic carbocycles. The van der Waals surface area contributed by atoms with E-state index in [1.807, 2.05) is 52.0 Å². The van der Waals surface area contributed by atoms with Crippen molar-refractivity contribution in [3.05, 3.63) is 53.1 Å². The molecule has 0 aliphatic heterocycles. The van der Waals surface area contributed by atoms with Gasteiger partial charge in [0.05, 0.1) is 13.2 Å². The zero-order valence-electron chi connectivity index (χ0n) is 16.2. The SMILES string of the molecule is C=C(c1cc(C)c(O)c(OCC)c1)C(C)c1cc(C)c(O)c(OCC)c1. The van der Waals surface area contributed by atoms with Crippen LogP contribution in [0.4, 0.5) is 0 Å². The standard InChI is InChI=1S/C22H28O4/c1-7-25-19-11-17(9-13(3)21(19)23)15(5)16(6)18-10-14(4)22(24)20(12-18)26-8-2/h9-12,16,23-24H,5,7-8H2,1-4,6H3. The van der Waals surface area contributed by atoms with Crippen molar-refractivity contribution in [2.45, 2.75) is 40.5 Å². The van der Waals surface area contributed by atoms with Gasteiger partial charge in [-0.05, 0) is 73.7 Å². The summed E-state index contributed by atoms with van der Waals surface area (Å²) in [6.45, 7) is 14.8. The molecule has 140 valence electrons. The van der Waals surface area contributed by atoms with Crippen molar-refractivity contribution in [3.8, 4) is 23.0 Å². The maximum Gasteiger partial charge on any atom is 0.161 e. The minimum absolute atomic E-state index is 0.00641. The molecule has 0 amide bonds. The van der Waals surface area contributed by atoms with Crippen LogP contribution in [-0.2, 0) is 0 Å². The summed E-state index contributed by atoms with van der Waals surface area (Å²) < 4.78 is 11.1. The lowest BCUT2D eigenvalue weighted by molar-refractivity contribution is 0.316. The van der Waals surface area contributed by atoms with Crippen LogP contribution in [0.2, 0.25) is 0 Å². The summed E-state index contributed by atoms with van der Waals surface area (Å²) in [7, 11) is 0. The second kappa shape index (κ2) is 8.17. The maximum absolute atomic E-state index is 10.2. The third kappa shape index (κ3) is 3.96. The van der Waals surface area contributed by atoms with Crippen molar-refractivity contribution < 1.29 is 19.7 Å². The van der Waals surface area contributed by atoms with Gasteiger partial charge >= 0.3 is 0 Å². The molecule has 2 N–H and O–H groups in total. The first-order valence-corrected chi connectivity index (χ1v) is 8.91. The molecule has 0 radical (unpaired) electrons. The third-order valence-corrected chi connectivity index (χ3v) is 4.55. The molecule has 0 bridgehead atoms. The number of hydrogen-bond acceptors (Lipinski definition) is 4. The summed E-state index contributed by atoms with van der Waals surface area (Å²) in [6, 6.07) is 7.54. The maximum atomic E-state index is 10.2. The van der Waals surface area contributed by atoms with E-state index in [1.54, 1.807) is 0 Å². The number of phenolic OH excluding ortho intramolecular Hbond substituents is 2. The Labute approximate surface area is 155 Å². The normalized spacial score (nSPS) is 11.9. The molecule has 2 rings (SSSR count). The number of aromatic hydroxyl groups is 2. The smallest absolute Gasteiger partial charge is 0.161 e. The van der Waals surface area contributed by atoms with Gasteiger partial charge in [0.15, 0.2) is 23.0 Å². The molecule has 4 nitrogen and oxygen atoms in total. The number of aryl methyl sites for hydroxylation is 2. The molecule has 0 saturated carbocycles. The van der Waals surface area contributed by atoms with Crippen LogP contribution in [0.5, 0.6) is 23.0 Å². The first kappa shape index (κ1) is 19.7. The number of phenols is 2. The summed E-state index contributed by atoms with van der Waals surface area (Å²) in [6.07, 6.45) is 0. The number of rotatable bonds is 7. The van der Waals surface area contributed by atoms with E-state index in [0.717, 1.165) is 27.8 Å². The molecule has 0 fully saturated rings. The predicted molar refractivity (Wildman–Crippen MR) is 105 cm³/mol. The van der Waals surface area contributed by atoms with Gasteiger partial charge in [-0.25, -0.2) is 0 Å². The minimum atomic E-state index is 0.00641. The van der Waals surface area contributed by atoms with Gasteiger partial charge in [0.25, 0.3) is 0 Å². The van der Waals surface area contributed by atoms with Crippen molar-refractivity contribution in [1.82, 2.24) is 0 Å². The van der Waals surface area contributed by atoms with Crippen LogP contribution in [-0.4, -0.2) is 23.4 Å². The molecule has 1 unspecified atom stereocenters. The van der Waals surface area contributed by atoms with E-state index in [0.29, 0.717) is 24.7 Å². The van der Waals surface area contributed by atoms with Gasteiger partial charge < -0.3 is 19.7 Å². The second-order valence-corrected chi connectivity index (χ2v) is 6.44. The average molecular weight is 356 g/mol. The van der Waals surface area contributed by atoms with E-state index in [2.05, 4.69) is 13.5 Å². The van der Waals surface area contributed by atoms with Crippen molar-refractivity contribution in [1.29, 1.82) is 0 Å². The lowest BCUT2D eigenvalue weighted by Gasteiger charge is -2.20. The molecule has 2 aromatic carbocycles. The fourth-order valence-corrected chi connectivity index (χ4v) is 2.94. The van der Waals surface area contributed by atoms with Crippen LogP contribution >= 0.6 is 0 Å². The summed E-state index contributed by atoms with van der Waals surface area (Å²) in [4.78, 5) is 0. The van der Waals surface area contributed by atoms with Crippen LogP contribution in [0.25, 0.3) is 5.57 Å². The molecule has 0 heterocycles. The van der Waals surface area contributed by atoms with E-state index in [4.69, 9.17) is 9.47 Å². The molecule has 0 saturated heterocycles. The van der Waals surface area contributed by atoms with Gasteiger partial charge in [-0.2, -0.15) is 0 Å². The number of benzene rings is 2. The van der Waals surface area contributed by atoms with Gasteiger partial charge in [0.1, 0.15) is 0 Å². The van der Waals surface area contributed by atoms with Crippen LogP contribution in [0.3, 0.4) is 0 Å². The summed E-state index contributed by atoms with van der Waals surface area (Å²) in [5.74, 6) is 1.29. The first-order valence-electron chi connectivity index (χ1n) is 8.91. The van der Waals surface area contributed by atoms with E-state index in [1.165, 1.54) is 0 Å². The predicted octanol–water partition coefficient (Wildman–Crippen LogP) is 5.33. The second-order valence-electron chi connectivity index (χ2n) is 6.44. The van der Waals surface area contributed by atoms with Gasteiger partial charge in [-0.15, -0.1) is 0 Å². The highest BCUT2D eigenvalue weighted by Gasteiger charge is 2.18. The fraction of sp³-hybridized carbons (Fsp3) is 0.364. The Bertz CT molecular complexity index is 808. The topological polar surface area (TPSA) is 58.9 Å². The first-order chi connectivity index (χ1) is 12.3. The number of allylic oxidation sites excluding steroid dienone is 1. The molecular formula is C22H28O4. The highest BCUT2D eigenvalue weighted by Crippen LogP contribution is 2.40. The largest absolute Gasteiger partial charge is 0.504 e. The van der Waals surface area contributed by atoms with Crippen molar-refractivity contribution in [2.24, 2.45) is 0 Å². The van der Waals surface area contributed by atoms with E-state index < -0.39 is 0 Å². The monoisotopic (exact) mass is 356 g/mol. The molecule has 2 aromatic rings. The lowest BCUT2D eigenvalue weighted by atomic mass is 9.87. The Morgan fingerprint density at radius 1 is 0.923 bits per heavy atom. The molecule has 0 aliphatic rings. The Balaban J connectivity index is 2.41. The molecule has 0 aromatic heterocycles. The average Bonchev–Trinajstić information content (AvgIpc) is 2.61. The molecule has 26 heavy (non-hydrogen) atoms. The molecule has 0 spiro atoms. The Morgan fingerprint density at radius 2 is 1.42 bits per heavy atom. The zero-order chi connectivity index (χ0) is 19.4. The van der Waals surface area contributed by atoms with Crippen LogP contribution in [0, 0.1) is 13.8 Å². The highest BCUT2D eigenvalue weighted by molar-refractivity contribution is 5.73. The molecular weight excluding hydrogens is 328 g/mol. The number of hydrogen-bond donors (Lipinski definition) is 2. The summed E-state index contributed by atoms with van der Waals surface area (Å²) in [5, 5.41) is 20.3. The van der Waals surface area contributed by atoms with Crippen molar-refractivity contribution in [2.75, 3.05) is 13.2 Å². The third-order valence-electron chi connectivity index (χ3n) is 4.55. The quantitative estimate of drug-likeness (QED) is 0.704. The van der Waals surface area contributed by atoms with Crippen molar-refractivity contribution >= 4 is 5.57 Å². The van der Waals surface area contributed by atoms with Crippen LogP contribution < -0.4 is 9.47 Å². The Morgan fingerprint density at radius 3 is 1.96 bits per heavy atom. The van der Waals surface area contributed by atoms with Gasteiger partial charge in [0.2, 0.25) is 0 Å². The van der Waals surface area contributed by atoms with Gasteiger partial charge in [-0.3, -0.25) is 0 Å². The van der Waals surface area contributed by atoms with Crippen LogP contribution in [0.1, 0.15) is 48.9 Å². The Hall–Kier alpha value is -2.62. The zero-order valence-corrected chi connectivity index (χ0v) is 16.2. The molecule has 1 atom stereocenters. The van der Waals surface area contributed by atoms with E-state index >= 15 is 0 Å². The van der Waals surface area contributed by atoms with Gasteiger partial charge in [-0.1, -0.05) is 19.6 Å². The summed E-state index contributed by atoms with van der Waals surface area (Å²) >= 11 is 0. The Kier molecular flexibility index (Phi) is 6.19. The summed E-state index contributed by atoms with van der Waals surface area (Å²) in [5.41, 5.74) is 4.35. The fourth-order valence-electron chi connectivity index (χ4n) is 2.94. The highest BCUT2D eigenvalue weighted by atomic mass is 16.5. The van der Waals surface area contributed by atoms with Gasteiger partial charge in [0, 0.05) is 5.92 Å². The van der Waals surface area contributed by atoms with E-state index in [9.17, 15) is 10.2 Å². The van der Waals surface area contributed by atoms with E-state index in [-0.39, 0.29) is 17.4 Å². The van der Waals surface area contributed by atoms with Crippen molar-refractivity contribution in [3.63, 3.8) is 0 Å². The number of ether oxygens (including phenoxy) is 2. The van der Waals surface area contributed by atoms with Crippen LogP contribution in [0.15, 0.2) is 30.8 Å². The lowest BCUT2D eigenvalue weighted by Crippen LogP contribution is -2.01.